The second kappa shape index (κ2) is 8.80. The van der Waals surface area contributed by atoms with Gasteiger partial charge in [0, 0.05) is 35.2 Å². The van der Waals surface area contributed by atoms with E-state index < -0.39 is 5.91 Å². The highest BCUT2D eigenvalue weighted by molar-refractivity contribution is 5.93. The van der Waals surface area contributed by atoms with Gasteiger partial charge in [-0.3, -0.25) is 10.0 Å². The van der Waals surface area contributed by atoms with Crippen LogP contribution >= 0.6 is 0 Å². The maximum absolute atomic E-state index is 11.5. The zero-order valence-electron chi connectivity index (χ0n) is 17.0. The number of amides is 1. The molecule has 1 fully saturated rings. The monoisotopic (exact) mass is 391 g/mol. The number of hydroxylamine groups is 1. The molecule has 1 saturated heterocycles. The van der Waals surface area contributed by atoms with Gasteiger partial charge >= 0.3 is 0 Å². The topological polar surface area (TPSA) is 57.5 Å². The van der Waals surface area contributed by atoms with E-state index in [1.165, 1.54) is 54.5 Å². The first-order valence-electron chi connectivity index (χ1n) is 10.5. The number of aromatic nitrogens is 1. The van der Waals surface area contributed by atoms with Gasteiger partial charge in [-0.15, -0.1) is 0 Å². The quantitative estimate of drug-likeness (QED) is 0.490. The number of nitrogens with one attached hydrogen (secondary N) is 1. The molecule has 0 spiro atoms. The Morgan fingerprint density at radius 3 is 2.45 bits per heavy atom. The van der Waals surface area contributed by atoms with Crippen molar-refractivity contribution in [2.24, 2.45) is 0 Å². The highest BCUT2D eigenvalue weighted by Crippen LogP contribution is 2.28. The first-order valence-corrected chi connectivity index (χ1v) is 10.5. The molecule has 4 rings (SSSR count). The zero-order valence-corrected chi connectivity index (χ0v) is 17.0. The van der Waals surface area contributed by atoms with Gasteiger partial charge in [-0.25, -0.2) is 5.48 Å². The summed E-state index contributed by atoms with van der Waals surface area (Å²) in [5.74, 6) is -0.484. The molecule has 0 unspecified atom stereocenters. The van der Waals surface area contributed by atoms with Crippen molar-refractivity contribution in [3.63, 3.8) is 0 Å². The average Bonchev–Trinajstić information content (AvgIpc) is 3.04. The third kappa shape index (κ3) is 4.21. The smallest absolute Gasteiger partial charge is 0.274 e. The van der Waals surface area contributed by atoms with Crippen molar-refractivity contribution in [1.29, 1.82) is 0 Å². The molecule has 1 aromatic heterocycles. The average molecular weight is 392 g/mol. The minimum Gasteiger partial charge on any atom is -0.343 e. The number of carbonyl (C=O) groups is 1. The van der Waals surface area contributed by atoms with E-state index in [9.17, 15) is 4.79 Å². The molecule has 2 aromatic carbocycles. The van der Waals surface area contributed by atoms with Crippen LogP contribution in [0, 0.1) is 6.92 Å². The fourth-order valence-corrected chi connectivity index (χ4v) is 4.48. The molecule has 2 N–H and O–H groups in total. The number of piperidine rings is 1. The van der Waals surface area contributed by atoms with Crippen molar-refractivity contribution in [2.75, 3.05) is 19.6 Å². The number of rotatable bonds is 6. The lowest BCUT2D eigenvalue weighted by Crippen LogP contribution is -2.32. The predicted octanol–water partition coefficient (Wildman–Crippen LogP) is 4.15. The number of para-hydroxylation sites is 1. The van der Waals surface area contributed by atoms with E-state index in [4.69, 9.17) is 5.21 Å². The third-order valence-electron chi connectivity index (χ3n) is 6.15. The Hall–Kier alpha value is -2.63. The third-order valence-corrected chi connectivity index (χ3v) is 6.15. The van der Waals surface area contributed by atoms with Gasteiger partial charge in [0.2, 0.25) is 0 Å². The molecule has 5 nitrogen and oxygen atoms in total. The molecular weight excluding hydrogens is 362 g/mol. The fourth-order valence-electron chi connectivity index (χ4n) is 4.48. The molecule has 3 aromatic rings. The molecule has 0 bridgehead atoms. The summed E-state index contributed by atoms with van der Waals surface area (Å²) < 4.78 is 2.47. The van der Waals surface area contributed by atoms with E-state index in [0.29, 0.717) is 5.56 Å². The number of benzene rings is 2. The molecule has 0 radical (unpaired) electrons. The van der Waals surface area contributed by atoms with Crippen molar-refractivity contribution in [1.82, 2.24) is 14.9 Å². The first-order chi connectivity index (χ1) is 14.2. The van der Waals surface area contributed by atoms with Crippen LogP contribution in [0.15, 0.2) is 48.5 Å². The first kappa shape index (κ1) is 19.7. The summed E-state index contributed by atoms with van der Waals surface area (Å²) in [5, 5.41) is 10.1. The summed E-state index contributed by atoms with van der Waals surface area (Å²) in [4.78, 5) is 14.1. The lowest BCUT2D eigenvalue weighted by Gasteiger charge is -2.26. The molecule has 0 atom stereocenters. The predicted molar refractivity (Wildman–Crippen MR) is 115 cm³/mol. The van der Waals surface area contributed by atoms with Crippen LogP contribution in [0.3, 0.4) is 0 Å². The summed E-state index contributed by atoms with van der Waals surface area (Å²) in [7, 11) is 0. The molecule has 2 heterocycles. The number of fused-ring (bicyclic) bond motifs is 1. The van der Waals surface area contributed by atoms with E-state index in [1.54, 1.807) is 17.6 Å². The van der Waals surface area contributed by atoms with E-state index >= 15 is 0 Å². The van der Waals surface area contributed by atoms with Crippen LogP contribution in [-0.2, 0) is 13.0 Å². The summed E-state index contributed by atoms with van der Waals surface area (Å²) in [5.41, 5.74) is 7.26. The maximum atomic E-state index is 11.5. The maximum Gasteiger partial charge on any atom is 0.274 e. The van der Waals surface area contributed by atoms with Crippen molar-refractivity contribution in [3.05, 3.63) is 70.9 Å². The van der Waals surface area contributed by atoms with Gasteiger partial charge in [0.1, 0.15) is 0 Å². The lowest BCUT2D eigenvalue weighted by atomic mass is 10.0. The Labute approximate surface area is 171 Å². The van der Waals surface area contributed by atoms with Gasteiger partial charge in [0.15, 0.2) is 0 Å². The Bertz CT molecular complexity index is 985. The van der Waals surface area contributed by atoms with Gasteiger partial charge in [-0.05, 0) is 68.6 Å². The zero-order chi connectivity index (χ0) is 20.2. The van der Waals surface area contributed by atoms with Gasteiger partial charge in [-0.1, -0.05) is 36.8 Å². The van der Waals surface area contributed by atoms with Crippen LogP contribution in [-0.4, -0.2) is 40.2 Å². The van der Waals surface area contributed by atoms with Crippen molar-refractivity contribution < 1.29 is 10.0 Å². The number of hydrogen-bond donors (Lipinski definition) is 2. The number of nitrogens with zero attached hydrogens (tertiary/aromatic N) is 2. The summed E-state index contributed by atoms with van der Waals surface area (Å²) in [6.45, 7) is 6.78. The van der Waals surface area contributed by atoms with Gasteiger partial charge < -0.3 is 9.47 Å². The number of likely N-dealkylation sites (tertiary alicyclic amines) is 1. The van der Waals surface area contributed by atoms with Crippen molar-refractivity contribution in [2.45, 2.75) is 39.2 Å². The number of hydrogen-bond acceptors (Lipinski definition) is 3. The molecule has 29 heavy (non-hydrogen) atoms. The normalized spacial score (nSPS) is 15.0. The number of carbonyl (C=O) groups excluding carboxylic acids is 1. The molecular formula is C24H29N3O2. The molecule has 0 saturated carbocycles. The van der Waals surface area contributed by atoms with Gasteiger partial charge in [0.05, 0.1) is 0 Å². The van der Waals surface area contributed by atoms with Crippen LogP contribution < -0.4 is 5.48 Å². The van der Waals surface area contributed by atoms with E-state index in [2.05, 4.69) is 40.7 Å². The SMILES string of the molecule is Cc1c(Cc2ccc(C(=O)NO)cc2)c2ccccc2n1CCN1CCCCC1. The Morgan fingerprint density at radius 1 is 1.00 bits per heavy atom. The molecule has 1 amide bonds. The molecule has 1 aliphatic heterocycles. The summed E-state index contributed by atoms with van der Waals surface area (Å²) in [6.07, 6.45) is 4.83. The van der Waals surface area contributed by atoms with Crippen LogP contribution in [0.1, 0.15) is 46.4 Å². The Balaban J connectivity index is 1.59. The van der Waals surface area contributed by atoms with Crippen molar-refractivity contribution in [3.8, 4) is 0 Å². The van der Waals surface area contributed by atoms with E-state index in [1.807, 2.05) is 12.1 Å². The van der Waals surface area contributed by atoms with Crippen LogP contribution in [0.4, 0.5) is 0 Å². The molecule has 1 aliphatic rings. The molecule has 5 heteroatoms. The van der Waals surface area contributed by atoms with E-state index in [0.717, 1.165) is 25.1 Å². The molecule has 0 aliphatic carbocycles. The Morgan fingerprint density at radius 2 is 1.72 bits per heavy atom. The minimum atomic E-state index is -0.484. The highest BCUT2D eigenvalue weighted by atomic mass is 16.5. The summed E-state index contributed by atoms with van der Waals surface area (Å²) >= 11 is 0. The van der Waals surface area contributed by atoms with Gasteiger partial charge in [0.25, 0.3) is 5.91 Å². The second-order valence-corrected chi connectivity index (χ2v) is 7.95. The largest absolute Gasteiger partial charge is 0.343 e. The Kier molecular flexibility index (Phi) is 5.97. The van der Waals surface area contributed by atoms with Gasteiger partial charge in [-0.2, -0.15) is 0 Å². The highest BCUT2D eigenvalue weighted by Gasteiger charge is 2.16. The standard InChI is InChI=1S/C24H29N3O2/c1-18-22(17-19-9-11-20(12-10-19)24(28)25-29)21-7-3-4-8-23(21)27(18)16-15-26-13-5-2-6-14-26/h3-4,7-12,29H,2,5-6,13-17H2,1H3,(H,25,28). The van der Waals surface area contributed by atoms with E-state index in [-0.39, 0.29) is 0 Å². The minimum absolute atomic E-state index is 0.455. The van der Waals surface area contributed by atoms with Crippen LogP contribution in [0.5, 0.6) is 0 Å². The fraction of sp³-hybridized carbons (Fsp3) is 0.375. The molecule has 152 valence electrons. The van der Waals surface area contributed by atoms with Crippen LogP contribution in [0.2, 0.25) is 0 Å². The van der Waals surface area contributed by atoms with Crippen LogP contribution in [0.25, 0.3) is 10.9 Å². The second-order valence-electron chi connectivity index (χ2n) is 7.95. The summed E-state index contributed by atoms with van der Waals surface area (Å²) in [6, 6.07) is 16.1. The van der Waals surface area contributed by atoms with Crippen molar-refractivity contribution >= 4 is 16.8 Å². The lowest BCUT2D eigenvalue weighted by molar-refractivity contribution is 0.0706.